The van der Waals surface area contributed by atoms with Gasteiger partial charge in [0.2, 0.25) is 5.91 Å². The van der Waals surface area contributed by atoms with Crippen molar-refractivity contribution in [2.45, 2.75) is 45.6 Å². The van der Waals surface area contributed by atoms with Crippen LogP contribution in [0.1, 0.15) is 40.0 Å². The van der Waals surface area contributed by atoms with E-state index in [0.717, 1.165) is 0 Å². The molecule has 5 nitrogen and oxygen atoms in total. The lowest BCUT2D eigenvalue weighted by molar-refractivity contribution is -0.138. The SMILES string of the molecule is CC(CC(=O)O)CC(=O)NC(C)(C)CCO. The highest BCUT2D eigenvalue weighted by Gasteiger charge is 2.21. The molecule has 0 spiro atoms. The summed E-state index contributed by atoms with van der Waals surface area (Å²) in [6.45, 7) is 5.39. The molecule has 94 valence electrons. The molecule has 0 saturated carbocycles. The van der Waals surface area contributed by atoms with Gasteiger partial charge < -0.3 is 15.5 Å². The fraction of sp³-hybridized carbons (Fsp3) is 0.818. The van der Waals surface area contributed by atoms with Crippen LogP contribution in [0.5, 0.6) is 0 Å². The van der Waals surface area contributed by atoms with Crippen molar-refractivity contribution in [1.82, 2.24) is 5.32 Å². The Morgan fingerprint density at radius 1 is 1.31 bits per heavy atom. The van der Waals surface area contributed by atoms with E-state index in [1.54, 1.807) is 6.92 Å². The molecule has 0 aromatic rings. The van der Waals surface area contributed by atoms with E-state index in [1.165, 1.54) is 0 Å². The van der Waals surface area contributed by atoms with Gasteiger partial charge in [0.15, 0.2) is 0 Å². The van der Waals surface area contributed by atoms with Crippen LogP contribution >= 0.6 is 0 Å². The van der Waals surface area contributed by atoms with Crippen LogP contribution in [0.3, 0.4) is 0 Å². The first-order valence-corrected chi connectivity index (χ1v) is 5.40. The lowest BCUT2D eigenvalue weighted by atomic mass is 9.99. The van der Waals surface area contributed by atoms with Gasteiger partial charge in [-0.25, -0.2) is 0 Å². The monoisotopic (exact) mass is 231 g/mol. The molecule has 5 heteroatoms. The van der Waals surface area contributed by atoms with Crippen molar-refractivity contribution >= 4 is 11.9 Å². The molecule has 0 radical (unpaired) electrons. The highest BCUT2D eigenvalue weighted by Crippen LogP contribution is 2.11. The van der Waals surface area contributed by atoms with Crippen molar-refractivity contribution in [3.63, 3.8) is 0 Å². The average Bonchev–Trinajstić information content (AvgIpc) is 1.98. The van der Waals surface area contributed by atoms with E-state index in [-0.39, 0.29) is 31.3 Å². The van der Waals surface area contributed by atoms with E-state index in [0.29, 0.717) is 6.42 Å². The van der Waals surface area contributed by atoms with E-state index in [2.05, 4.69) is 5.32 Å². The largest absolute Gasteiger partial charge is 0.481 e. The van der Waals surface area contributed by atoms with Gasteiger partial charge in [-0.2, -0.15) is 0 Å². The first kappa shape index (κ1) is 14.9. The van der Waals surface area contributed by atoms with Crippen molar-refractivity contribution in [2.24, 2.45) is 5.92 Å². The Balaban J connectivity index is 4.03. The van der Waals surface area contributed by atoms with E-state index in [1.807, 2.05) is 13.8 Å². The number of aliphatic carboxylic acids is 1. The van der Waals surface area contributed by atoms with E-state index in [9.17, 15) is 9.59 Å². The van der Waals surface area contributed by atoms with E-state index < -0.39 is 11.5 Å². The van der Waals surface area contributed by atoms with Gasteiger partial charge in [0.1, 0.15) is 0 Å². The van der Waals surface area contributed by atoms with Crippen molar-refractivity contribution in [2.75, 3.05) is 6.61 Å². The minimum atomic E-state index is -0.894. The number of aliphatic hydroxyl groups excluding tert-OH is 1. The Morgan fingerprint density at radius 3 is 2.31 bits per heavy atom. The lowest BCUT2D eigenvalue weighted by Gasteiger charge is -2.26. The van der Waals surface area contributed by atoms with Crippen molar-refractivity contribution in [3.05, 3.63) is 0 Å². The number of amides is 1. The second-order valence-corrected chi connectivity index (χ2v) is 4.81. The van der Waals surface area contributed by atoms with Gasteiger partial charge in [-0.3, -0.25) is 9.59 Å². The average molecular weight is 231 g/mol. The molecule has 0 aliphatic heterocycles. The maximum absolute atomic E-state index is 11.5. The Morgan fingerprint density at radius 2 is 1.88 bits per heavy atom. The second kappa shape index (κ2) is 6.48. The minimum Gasteiger partial charge on any atom is -0.481 e. The molecule has 0 saturated heterocycles. The molecule has 1 atom stereocenters. The van der Waals surface area contributed by atoms with E-state index in [4.69, 9.17) is 10.2 Å². The zero-order chi connectivity index (χ0) is 12.8. The number of aliphatic hydroxyl groups is 1. The van der Waals surface area contributed by atoms with E-state index >= 15 is 0 Å². The van der Waals surface area contributed by atoms with Crippen LogP contribution in [0.2, 0.25) is 0 Å². The summed E-state index contributed by atoms with van der Waals surface area (Å²) < 4.78 is 0. The number of carboxylic acid groups (broad SMARTS) is 1. The molecule has 1 amide bonds. The molecule has 0 aliphatic rings. The third-order valence-corrected chi connectivity index (χ3v) is 2.27. The van der Waals surface area contributed by atoms with Gasteiger partial charge in [0.25, 0.3) is 0 Å². The standard InChI is InChI=1S/C11H21NO4/c1-8(7-10(15)16)6-9(14)12-11(2,3)4-5-13/h8,13H,4-7H2,1-3H3,(H,12,14)(H,15,16). The van der Waals surface area contributed by atoms with Crippen molar-refractivity contribution in [1.29, 1.82) is 0 Å². The topological polar surface area (TPSA) is 86.6 Å². The Hall–Kier alpha value is -1.10. The number of carboxylic acids is 1. The Kier molecular flexibility index (Phi) is 6.03. The molecule has 0 fully saturated rings. The summed E-state index contributed by atoms with van der Waals surface area (Å²) in [5.74, 6) is -1.25. The number of carbonyl (C=O) groups excluding carboxylic acids is 1. The third kappa shape index (κ3) is 7.23. The molecule has 3 N–H and O–H groups in total. The molecule has 0 aromatic heterocycles. The third-order valence-electron chi connectivity index (χ3n) is 2.27. The Bertz CT molecular complexity index is 250. The van der Waals surface area contributed by atoms with Crippen LogP contribution in [0.4, 0.5) is 0 Å². The van der Waals surface area contributed by atoms with Crippen LogP contribution in [-0.4, -0.2) is 34.2 Å². The smallest absolute Gasteiger partial charge is 0.303 e. The summed E-state index contributed by atoms with van der Waals surface area (Å²) in [5.41, 5.74) is -0.450. The second-order valence-electron chi connectivity index (χ2n) is 4.81. The first-order chi connectivity index (χ1) is 7.26. The lowest BCUT2D eigenvalue weighted by Crippen LogP contribution is -2.44. The van der Waals surface area contributed by atoms with Gasteiger partial charge in [0, 0.05) is 25.0 Å². The highest BCUT2D eigenvalue weighted by molar-refractivity contribution is 5.77. The van der Waals surface area contributed by atoms with Gasteiger partial charge in [0.05, 0.1) is 0 Å². The zero-order valence-corrected chi connectivity index (χ0v) is 10.1. The van der Waals surface area contributed by atoms with Gasteiger partial charge in [-0.15, -0.1) is 0 Å². The molecular formula is C11H21NO4. The van der Waals surface area contributed by atoms with Gasteiger partial charge in [-0.1, -0.05) is 6.92 Å². The van der Waals surface area contributed by atoms with Gasteiger partial charge >= 0.3 is 5.97 Å². The normalized spacial score (nSPS) is 13.2. The van der Waals surface area contributed by atoms with Crippen LogP contribution in [0.15, 0.2) is 0 Å². The van der Waals surface area contributed by atoms with Crippen LogP contribution in [-0.2, 0) is 9.59 Å². The number of hydrogen-bond donors (Lipinski definition) is 3. The predicted octanol–water partition coefficient (Wildman–Crippen LogP) is 0.764. The van der Waals surface area contributed by atoms with Gasteiger partial charge in [-0.05, 0) is 26.2 Å². The summed E-state index contributed by atoms with van der Waals surface area (Å²) in [5, 5.41) is 20.1. The Labute approximate surface area is 95.9 Å². The fourth-order valence-corrected chi connectivity index (χ4v) is 1.46. The highest BCUT2D eigenvalue weighted by atomic mass is 16.4. The quantitative estimate of drug-likeness (QED) is 0.604. The minimum absolute atomic E-state index is 0.00610. The summed E-state index contributed by atoms with van der Waals surface area (Å²) in [4.78, 5) is 22.0. The summed E-state index contributed by atoms with van der Waals surface area (Å²) in [7, 11) is 0. The maximum atomic E-state index is 11.5. The molecular weight excluding hydrogens is 210 g/mol. The summed E-state index contributed by atoms with van der Waals surface area (Å²) >= 11 is 0. The number of carbonyl (C=O) groups is 2. The first-order valence-electron chi connectivity index (χ1n) is 5.40. The van der Waals surface area contributed by atoms with Crippen LogP contribution < -0.4 is 5.32 Å². The predicted molar refractivity (Wildman–Crippen MR) is 60.0 cm³/mol. The van der Waals surface area contributed by atoms with Crippen molar-refractivity contribution < 1.29 is 19.8 Å². The molecule has 0 aliphatic carbocycles. The molecule has 1 unspecified atom stereocenters. The van der Waals surface area contributed by atoms with Crippen LogP contribution in [0.25, 0.3) is 0 Å². The number of rotatable bonds is 7. The molecule has 16 heavy (non-hydrogen) atoms. The fourth-order valence-electron chi connectivity index (χ4n) is 1.46. The zero-order valence-electron chi connectivity index (χ0n) is 10.1. The molecule has 0 rings (SSSR count). The number of hydrogen-bond acceptors (Lipinski definition) is 3. The summed E-state index contributed by atoms with van der Waals surface area (Å²) in [6, 6.07) is 0. The summed E-state index contributed by atoms with van der Waals surface area (Å²) in [6.07, 6.45) is 0.668. The van der Waals surface area contributed by atoms with Crippen LogP contribution in [0, 0.1) is 5.92 Å². The molecule has 0 aromatic carbocycles. The molecule has 0 bridgehead atoms. The molecule has 0 heterocycles. The number of nitrogens with one attached hydrogen (secondary N) is 1. The van der Waals surface area contributed by atoms with Crippen molar-refractivity contribution in [3.8, 4) is 0 Å². The maximum Gasteiger partial charge on any atom is 0.303 e.